The van der Waals surface area contributed by atoms with Crippen molar-refractivity contribution in [2.75, 3.05) is 19.3 Å². The van der Waals surface area contributed by atoms with Gasteiger partial charge in [-0.05, 0) is 38.9 Å². The molecule has 1 saturated carbocycles. The van der Waals surface area contributed by atoms with Gasteiger partial charge in [0.1, 0.15) is 0 Å². The first kappa shape index (κ1) is 13.8. The van der Waals surface area contributed by atoms with E-state index in [1.165, 1.54) is 25.7 Å². The molecule has 4 heteroatoms. The molecule has 1 rings (SSSR count). The van der Waals surface area contributed by atoms with Crippen molar-refractivity contribution >= 4 is 17.7 Å². The van der Waals surface area contributed by atoms with Crippen molar-refractivity contribution < 1.29 is 4.79 Å². The van der Waals surface area contributed by atoms with Gasteiger partial charge in [0, 0.05) is 30.8 Å². The molecule has 0 radical (unpaired) electrons. The third kappa shape index (κ3) is 5.21. The lowest BCUT2D eigenvalue weighted by atomic mass is 9.95. The minimum atomic E-state index is 0.160. The molecule has 0 aromatic rings. The van der Waals surface area contributed by atoms with Gasteiger partial charge in [-0.2, -0.15) is 11.8 Å². The second-order valence-electron chi connectivity index (χ2n) is 4.37. The van der Waals surface area contributed by atoms with Crippen LogP contribution in [0, 0.1) is 0 Å². The van der Waals surface area contributed by atoms with Crippen molar-refractivity contribution in [3.63, 3.8) is 0 Å². The predicted octanol–water partition coefficient (Wildman–Crippen LogP) is 1.78. The number of hydrogen-bond donors (Lipinski definition) is 2. The van der Waals surface area contributed by atoms with Crippen molar-refractivity contribution in [1.82, 2.24) is 10.6 Å². The van der Waals surface area contributed by atoms with Crippen LogP contribution < -0.4 is 10.6 Å². The molecule has 0 atom stereocenters. The quantitative estimate of drug-likeness (QED) is 0.748. The van der Waals surface area contributed by atoms with Gasteiger partial charge in [-0.25, -0.2) is 0 Å². The van der Waals surface area contributed by atoms with Crippen LogP contribution in [-0.2, 0) is 4.79 Å². The minimum Gasteiger partial charge on any atom is -0.356 e. The number of thioether (sulfide) groups is 1. The van der Waals surface area contributed by atoms with E-state index in [0.717, 1.165) is 18.3 Å². The van der Waals surface area contributed by atoms with Gasteiger partial charge in [0.2, 0.25) is 5.91 Å². The first-order chi connectivity index (χ1) is 7.76. The summed E-state index contributed by atoms with van der Waals surface area (Å²) in [5, 5.41) is 7.17. The normalized spacial score (nSPS) is 25.4. The van der Waals surface area contributed by atoms with E-state index < -0.39 is 0 Å². The summed E-state index contributed by atoms with van der Waals surface area (Å²) >= 11 is 1.99. The zero-order chi connectivity index (χ0) is 11.8. The molecular formula is C12H24N2OS. The van der Waals surface area contributed by atoms with Crippen molar-refractivity contribution in [2.24, 2.45) is 0 Å². The van der Waals surface area contributed by atoms with E-state index in [1.54, 1.807) is 0 Å². The molecule has 1 amide bonds. The molecule has 0 aromatic heterocycles. The lowest BCUT2D eigenvalue weighted by Gasteiger charge is -2.28. The van der Waals surface area contributed by atoms with Crippen molar-refractivity contribution in [3.8, 4) is 0 Å². The molecule has 16 heavy (non-hydrogen) atoms. The Morgan fingerprint density at radius 3 is 2.56 bits per heavy atom. The van der Waals surface area contributed by atoms with Crippen LogP contribution in [0.15, 0.2) is 0 Å². The Morgan fingerprint density at radius 1 is 1.31 bits per heavy atom. The fourth-order valence-corrected chi connectivity index (χ4v) is 2.92. The van der Waals surface area contributed by atoms with Crippen LogP contribution in [0.5, 0.6) is 0 Å². The molecule has 0 spiro atoms. The fourth-order valence-electron chi connectivity index (χ4n) is 2.18. The standard InChI is InChI=1S/C12H24N2OS/c1-3-13-12(15)8-9-14-10-4-6-11(16-2)7-5-10/h10-11,14H,3-9H2,1-2H3,(H,13,15). The van der Waals surface area contributed by atoms with Crippen molar-refractivity contribution in [1.29, 1.82) is 0 Å². The Kier molecular flexibility index (Phi) is 6.88. The summed E-state index contributed by atoms with van der Waals surface area (Å²) < 4.78 is 0. The molecule has 1 aliphatic carbocycles. The van der Waals surface area contributed by atoms with E-state index in [1.807, 2.05) is 18.7 Å². The third-order valence-corrected chi connectivity index (χ3v) is 4.30. The average Bonchev–Trinajstić information content (AvgIpc) is 2.30. The van der Waals surface area contributed by atoms with Crippen molar-refractivity contribution in [3.05, 3.63) is 0 Å². The number of amides is 1. The first-order valence-corrected chi connectivity index (χ1v) is 7.58. The molecule has 0 aliphatic heterocycles. The first-order valence-electron chi connectivity index (χ1n) is 6.29. The zero-order valence-corrected chi connectivity index (χ0v) is 11.2. The third-order valence-electron chi connectivity index (χ3n) is 3.17. The summed E-state index contributed by atoms with van der Waals surface area (Å²) in [5.74, 6) is 0.160. The molecule has 0 bridgehead atoms. The Bertz CT molecular complexity index is 203. The Morgan fingerprint density at radius 2 is 2.00 bits per heavy atom. The Hall–Kier alpha value is -0.220. The molecular weight excluding hydrogens is 220 g/mol. The molecule has 0 saturated heterocycles. The van der Waals surface area contributed by atoms with E-state index in [9.17, 15) is 4.79 Å². The van der Waals surface area contributed by atoms with Gasteiger partial charge in [0.05, 0.1) is 0 Å². The molecule has 94 valence electrons. The van der Waals surface area contributed by atoms with Gasteiger partial charge in [-0.15, -0.1) is 0 Å². The van der Waals surface area contributed by atoms with Gasteiger partial charge in [0.25, 0.3) is 0 Å². The molecule has 3 nitrogen and oxygen atoms in total. The fraction of sp³-hybridized carbons (Fsp3) is 0.917. The SMILES string of the molecule is CCNC(=O)CCNC1CCC(SC)CC1. The molecule has 2 N–H and O–H groups in total. The van der Waals surface area contributed by atoms with E-state index in [-0.39, 0.29) is 5.91 Å². The lowest BCUT2D eigenvalue weighted by Crippen LogP contribution is -2.36. The maximum atomic E-state index is 11.2. The highest BCUT2D eigenvalue weighted by molar-refractivity contribution is 7.99. The highest BCUT2D eigenvalue weighted by Crippen LogP contribution is 2.26. The Labute approximate surface area is 103 Å². The van der Waals surface area contributed by atoms with Crippen LogP contribution >= 0.6 is 11.8 Å². The summed E-state index contributed by atoms with van der Waals surface area (Å²) in [7, 11) is 0. The van der Waals surface area contributed by atoms with E-state index in [2.05, 4.69) is 16.9 Å². The van der Waals surface area contributed by atoms with Gasteiger partial charge in [-0.1, -0.05) is 0 Å². The van der Waals surface area contributed by atoms with Crippen LogP contribution in [0.1, 0.15) is 39.0 Å². The van der Waals surface area contributed by atoms with E-state index in [4.69, 9.17) is 0 Å². The molecule has 0 aromatic carbocycles. The van der Waals surface area contributed by atoms with Gasteiger partial charge < -0.3 is 10.6 Å². The summed E-state index contributed by atoms with van der Waals surface area (Å²) in [5.41, 5.74) is 0. The average molecular weight is 244 g/mol. The number of carbonyl (C=O) groups excluding carboxylic acids is 1. The number of hydrogen-bond acceptors (Lipinski definition) is 3. The second-order valence-corrected chi connectivity index (χ2v) is 5.51. The van der Waals surface area contributed by atoms with Crippen LogP contribution in [0.2, 0.25) is 0 Å². The summed E-state index contributed by atoms with van der Waals surface area (Å²) in [4.78, 5) is 11.2. The summed E-state index contributed by atoms with van der Waals surface area (Å²) in [6.45, 7) is 3.51. The highest BCUT2D eigenvalue weighted by atomic mass is 32.2. The van der Waals surface area contributed by atoms with Gasteiger partial charge >= 0.3 is 0 Å². The summed E-state index contributed by atoms with van der Waals surface area (Å²) in [6, 6.07) is 0.637. The topological polar surface area (TPSA) is 41.1 Å². The van der Waals surface area contributed by atoms with Crippen LogP contribution in [0.4, 0.5) is 0 Å². The molecule has 1 fully saturated rings. The number of nitrogens with one attached hydrogen (secondary N) is 2. The maximum Gasteiger partial charge on any atom is 0.221 e. The Balaban J connectivity index is 2.04. The monoisotopic (exact) mass is 244 g/mol. The summed E-state index contributed by atoms with van der Waals surface area (Å²) in [6.07, 6.45) is 7.98. The van der Waals surface area contributed by atoms with E-state index >= 15 is 0 Å². The number of carbonyl (C=O) groups is 1. The largest absolute Gasteiger partial charge is 0.356 e. The van der Waals surface area contributed by atoms with E-state index in [0.29, 0.717) is 12.5 Å². The zero-order valence-electron chi connectivity index (χ0n) is 10.4. The van der Waals surface area contributed by atoms with Crippen LogP contribution in [-0.4, -0.2) is 36.5 Å². The van der Waals surface area contributed by atoms with Gasteiger partial charge in [0.15, 0.2) is 0 Å². The highest BCUT2D eigenvalue weighted by Gasteiger charge is 2.19. The minimum absolute atomic E-state index is 0.160. The molecule has 1 aliphatic rings. The predicted molar refractivity (Wildman–Crippen MR) is 70.9 cm³/mol. The van der Waals surface area contributed by atoms with Crippen molar-refractivity contribution in [2.45, 2.75) is 50.3 Å². The smallest absolute Gasteiger partial charge is 0.221 e. The second kappa shape index (κ2) is 7.96. The van der Waals surface area contributed by atoms with Crippen LogP contribution in [0.25, 0.3) is 0 Å². The maximum absolute atomic E-state index is 11.2. The molecule has 0 heterocycles. The van der Waals surface area contributed by atoms with Gasteiger partial charge in [-0.3, -0.25) is 4.79 Å². The number of rotatable bonds is 6. The molecule has 0 unspecified atom stereocenters. The van der Waals surface area contributed by atoms with Crippen LogP contribution in [0.3, 0.4) is 0 Å². The lowest BCUT2D eigenvalue weighted by molar-refractivity contribution is -0.120.